The Morgan fingerprint density at radius 1 is 1.29 bits per heavy atom. The van der Waals surface area contributed by atoms with Crippen molar-refractivity contribution in [2.45, 2.75) is 5.88 Å². The number of hydrogen-bond acceptors (Lipinski definition) is 2. The smallest absolute Gasteiger partial charge is 0.129 e. The van der Waals surface area contributed by atoms with E-state index in [9.17, 15) is 4.39 Å². The van der Waals surface area contributed by atoms with Crippen molar-refractivity contribution >= 4 is 38.6 Å². The lowest BCUT2D eigenvalue weighted by Gasteiger charge is -2.10. The predicted molar refractivity (Wildman–Crippen MR) is 84.8 cm³/mol. The van der Waals surface area contributed by atoms with E-state index in [1.807, 2.05) is 22.8 Å². The number of halogens is 3. The van der Waals surface area contributed by atoms with E-state index in [4.69, 9.17) is 16.3 Å². The third-order valence-corrected chi connectivity index (χ3v) is 4.11. The van der Waals surface area contributed by atoms with Crippen LogP contribution in [0, 0.1) is 5.82 Å². The minimum Gasteiger partial charge on any atom is -0.497 e. The Labute approximate surface area is 134 Å². The van der Waals surface area contributed by atoms with Crippen molar-refractivity contribution in [2.24, 2.45) is 0 Å². The van der Waals surface area contributed by atoms with Crippen LogP contribution in [0.5, 0.6) is 5.75 Å². The van der Waals surface area contributed by atoms with Gasteiger partial charge in [0.2, 0.25) is 0 Å². The van der Waals surface area contributed by atoms with Gasteiger partial charge in [-0.25, -0.2) is 9.37 Å². The van der Waals surface area contributed by atoms with Gasteiger partial charge in [0.25, 0.3) is 0 Å². The van der Waals surface area contributed by atoms with Crippen molar-refractivity contribution in [3.8, 4) is 11.4 Å². The molecule has 0 aliphatic heterocycles. The van der Waals surface area contributed by atoms with Crippen molar-refractivity contribution < 1.29 is 9.13 Å². The van der Waals surface area contributed by atoms with Gasteiger partial charge in [0.1, 0.15) is 17.4 Å². The van der Waals surface area contributed by atoms with E-state index < -0.39 is 0 Å². The van der Waals surface area contributed by atoms with E-state index in [0.717, 1.165) is 15.5 Å². The van der Waals surface area contributed by atoms with Crippen molar-refractivity contribution in [1.82, 2.24) is 9.55 Å². The number of hydrogen-bond donors (Lipinski definition) is 0. The van der Waals surface area contributed by atoms with Crippen LogP contribution in [0.25, 0.3) is 16.7 Å². The molecule has 0 bridgehead atoms. The van der Waals surface area contributed by atoms with Crippen LogP contribution in [0.1, 0.15) is 5.82 Å². The molecule has 3 rings (SSSR count). The molecule has 0 saturated carbocycles. The minimum absolute atomic E-state index is 0.222. The number of ether oxygens (including phenoxy) is 1. The fraction of sp³-hybridized carbons (Fsp3) is 0.133. The number of imidazole rings is 1. The molecule has 3 aromatic rings. The molecule has 21 heavy (non-hydrogen) atoms. The number of fused-ring (bicyclic) bond motifs is 1. The minimum atomic E-state index is -0.316. The molecule has 0 fully saturated rings. The molecular weight excluding hydrogens is 359 g/mol. The first-order chi connectivity index (χ1) is 10.1. The summed E-state index contributed by atoms with van der Waals surface area (Å²) in [5.74, 6) is 1.27. The van der Waals surface area contributed by atoms with E-state index in [1.54, 1.807) is 13.2 Å². The normalized spacial score (nSPS) is 11.0. The Balaban J connectivity index is 2.32. The summed E-state index contributed by atoms with van der Waals surface area (Å²) >= 11 is 9.44. The highest BCUT2D eigenvalue weighted by Gasteiger charge is 2.15. The summed E-state index contributed by atoms with van der Waals surface area (Å²) in [6.45, 7) is 0. The summed E-state index contributed by atoms with van der Waals surface area (Å²) in [5.41, 5.74) is 2.26. The lowest BCUT2D eigenvalue weighted by molar-refractivity contribution is 0.415. The van der Waals surface area contributed by atoms with E-state index in [-0.39, 0.29) is 11.7 Å². The lowest BCUT2D eigenvalue weighted by atomic mass is 10.2. The average molecular weight is 370 g/mol. The highest BCUT2D eigenvalue weighted by molar-refractivity contribution is 9.10. The molecule has 0 aliphatic carbocycles. The van der Waals surface area contributed by atoms with Crippen molar-refractivity contribution in [3.05, 3.63) is 52.5 Å². The summed E-state index contributed by atoms with van der Waals surface area (Å²) in [4.78, 5) is 4.49. The molecule has 1 heterocycles. The van der Waals surface area contributed by atoms with E-state index >= 15 is 0 Å². The van der Waals surface area contributed by atoms with Crippen molar-refractivity contribution in [3.63, 3.8) is 0 Å². The summed E-state index contributed by atoms with van der Waals surface area (Å²) in [6, 6.07) is 10.1. The van der Waals surface area contributed by atoms with Gasteiger partial charge in [-0.2, -0.15) is 0 Å². The third kappa shape index (κ3) is 2.51. The van der Waals surface area contributed by atoms with Gasteiger partial charge >= 0.3 is 0 Å². The van der Waals surface area contributed by atoms with Crippen LogP contribution in [0.4, 0.5) is 4.39 Å². The monoisotopic (exact) mass is 368 g/mol. The van der Waals surface area contributed by atoms with Gasteiger partial charge in [-0.1, -0.05) is 0 Å². The third-order valence-electron chi connectivity index (χ3n) is 3.20. The summed E-state index contributed by atoms with van der Waals surface area (Å²) in [7, 11) is 1.60. The van der Waals surface area contributed by atoms with Crippen molar-refractivity contribution in [2.75, 3.05) is 7.11 Å². The maximum absolute atomic E-state index is 13.6. The van der Waals surface area contributed by atoms with E-state index in [2.05, 4.69) is 20.9 Å². The molecule has 0 aliphatic rings. The first kappa shape index (κ1) is 14.4. The van der Waals surface area contributed by atoms with Crippen LogP contribution in [0.2, 0.25) is 0 Å². The van der Waals surface area contributed by atoms with Gasteiger partial charge in [-0.3, -0.25) is 4.57 Å². The van der Waals surface area contributed by atoms with E-state index in [1.165, 1.54) is 12.1 Å². The van der Waals surface area contributed by atoms with Crippen LogP contribution >= 0.6 is 27.5 Å². The fourth-order valence-electron chi connectivity index (χ4n) is 2.25. The molecule has 3 nitrogen and oxygen atoms in total. The molecule has 0 saturated heterocycles. The topological polar surface area (TPSA) is 27.1 Å². The largest absolute Gasteiger partial charge is 0.497 e. The molecule has 0 amide bonds. The van der Waals surface area contributed by atoms with Gasteiger partial charge < -0.3 is 4.74 Å². The predicted octanol–water partition coefficient (Wildman–Crippen LogP) is 4.67. The maximum atomic E-state index is 13.6. The van der Waals surface area contributed by atoms with Gasteiger partial charge in [0.05, 0.1) is 29.7 Å². The number of methoxy groups -OCH3 is 1. The molecule has 0 N–H and O–H groups in total. The van der Waals surface area contributed by atoms with E-state index in [0.29, 0.717) is 17.3 Å². The summed E-state index contributed by atoms with van der Waals surface area (Å²) in [5, 5.41) is 0. The van der Waals surface area contributed by atoms with Gasteiger partial charge in [-0.15, -0.1) is 11.6 Å². The zero-order valence-corrected chi connectivity index (χ0v) is 13.4. The van der Waals surface area contributed by atoms with Gasteiger partial charge in [0, 0.05) is 10.5 Å². The molecule has 0 unspecified atom stereocenters. The molecule has 0 atom stereocenters. The highest BCUT2D eigenvalue weighted by atomic mass is 79.9. The molecule has 6 heteroatoms. The molecular formula is C15H11BrClFN2O. The quantitative estimate of drug-likeness (QED) is 0.627. The summed E-state index contributed by atoms with van der Waals surface area (Å²) in [6.07, 6.45) is 0. The molecule has 0 spiro atoms. The Kier molecular flexibility index (Phi) is 3.87. The molecule has 1 aromatic heterocycles. The molecule has 2 aromatic carbocycles. The second-order valence-corrected chi connectivity index (χ2v) is 5.57. The Morgan fingerprint density at radius 2 is 2.10 bits per heavy atom. The second-order valence-electron chi connectivity index (χ2n) is 4.45. The Morgan fingerprint density at radius 3 is 2.81 bits per heavy atom. The highest BCUT2D eigenvalue weighted by Crippen LogP contribution is 2.30. The van der Waals surface area contributed by atoms with Gasteiger partial charge in [0.15, 0.2) is 0 Å². The molecule has 0 radical (unpaired) electrons. The van der Waals surface area contributed by atoms with Crippen LogP contribution < -0.4 is 4.74 Å². The van der Waals surface area contributed by atoms with Crippen LogP contribution in [0.15, 0.2) is 40.9 Å². The van der Waals surface area contributed by atoms with Gasteiger partial charge in [-0.05, 0) is 46.3 Å². The van der Waals surface area contributed by atoms with Crippen molar-refractivity contribution in [1.29, 1.82) is 0 Å². The van der Waals surface area contributed by atoms with Crippen LogP contribution in [0.3, 0.4) is 0 Å². The number of alkyl halides is 1. The average Bonchev–Trinajstić information content (AvgIpc) is 2.87. The number of rotatable bonds is 3. The molecule has 108 valence electrons. The maximum Gasteiger partial charge on any atom is 0.129 e. The number of benzene rings is 2. The Hall–Kier alpha value is -1.59. The summed E-state index contributed by atoms with van der Waals surface area (Å²) < 4.78 is 21.4. The zero-order valence-electron chi connectivity index (χ0n) is 11.1. The zero-order chi connectivity index (χ0) is 15.0. The Bertz CT molecular complexity index is 819. The first-order valence-electron chi connectivity index (χ1n) is 6.21. The number of nitrogens with zero attached hydrogens (tertiary/aromatic N) is 2. The standard InChI is InChI=1S/C15H11BrClFN2O/c1-21-10-3-5-13-12(7-10)19-15(8-17)20(13)14-6-9(18)2-4-11(14)16/h2-7H,8H2,1H3. The fourth-order valence-corrected chi connectivity index (χ4v) is 2.86. The number of aromatic nitrogens is 2. The lowest BCUT2D eigenvalue weighted by Crippen LogP contribution is -2.01. The van der Waals surface area contributed by atoms with Crippen LogP contribution in [-0.2, 0) is 5.88 Å². The van der Waals surface area contributed by atoms with Crippen LogP contribution in [-0.4, -0.2) is 16.7 Å². The first-order valence-corrected chi connectivity index (χ1v) is 7.53. The SMILES string of the molecule is COc1ccc2c(c1)nc(CCl)n2-c1cc(F)ccc1Br. The second kappa shape index (κ2) is 5.66.